The standard InChI is InChI=1S/C28H23NO3/c30-26(23-15-14-21-10-4-5-11-22(21)18-23)19-28(32)24-12-6-7-13-25(24)29(27(28)31)17-16-20-8-2-1-3-9-20/h1-15,18,32H,16-17,19H2/t28-/m0/s1. The molecule has 1 aliphatic rings. The quantitative estimate of drug-likeness (QED) is 0.451. The molecule has 1 heterocycles. The molecule has 4 aromatic rings. The van der Waals surface area contributed by atoms with Crippen molar-refractivity contribution in [2.24, 2.45) is 0 Å². The van der Waals surface area contributed by atoms with E-state index in [0.717, 1.165) is 16.3 Å². The Morgan fingerprint density at radius 3 is 2.31 bits per heavy atom. The molecule has 0 aromatic heterocycles. The number of Topliss-reactive ketones (excluding diaryl/α,β-unsaturated/α-hetero) is 1. The molecule has 1 atom stereocenters. The third-order valence-electron chi connectivity index (χ3n) is 6.19. The van der Waals surface area contributed by atoms with Crippen LogP contribution in [0.4, 0.5) is 5.69 Å². The molecule has 0 bridgehead atoms. The molecule has 0 aliphatic carbocycles. The summed E-state index contributed by atoms with van der Waals surface area (Å²) in [6.45, 7) is 0.437. The lowest BCUT2D eigenvalue weighted by Gasteiger charge is -2.23. The Morgan fingerprint density at radius 2 is 1.50 bits per heavy atom. The van der Waals surface area contributed by atoms with E-state index >= 15 is 0 Å². The van der Waals surface area contributed by atoms with Crippen LogP contribution in [0.15, 0.2) is 97.1 Å². The summed E-state index contributed by atoms with van der Waals surface area (Å²) in [6, 6.07) is 30.4. The summed E-state index contributed by atoms with van der Waals surface area (Å²) in [7, 11) is 0. The van der Waals surface area contributed by atoms with Gasteiger partial charge in [-0.05, 0) is 34.9 Å². The van der Waals surface area contributed by atoms with E-state index in [1.54, 1.807) is 23.1 Å². The predicted octanol–water partition coefficient (Wildman–Crippen LogP) is 4.89. The number of nitrogens with zero attached hydrogens (tertiary/aromatic N) is 1. The van der Waals surface area contributed by atoms with Crippen LogP contribution in [0, 0.1) is 0 Å². The molecule has 0 saturated carbocycles. The molecule has 1 aliphatic heterocycles. The van der Waals surface area contributed by atoms with Gasteiger partial charge in [0.1, 0.15) is 0 Å². The zero-order valence-electron chi connectivity index (χ0n) is 17.6. The van der Waals surface area contributed by atoms with Crippen LogP contribution >= 0.6 is 0 Å². The van der Waals surface area contributed by atoms with Crippen LogP contribution in [0.5, 0.6) is 0 Å². The lowest BCUT2D eigenvalue weighted by Crippen LogP contribution is -2.42. The predicted molar refractivity (Wildman–Crippen MR) is 126 cm³/mol. The zero-order chi connectivity index (χ0) is 22.1. The summed E-state index contributed by atoms with van der Waals surface area (Å²) in [5.74, 6) is -0.699. The third-order valence-corrected chi connectivity index (χ3v) is 6.19. The van der Waals surface area contributed by atoms with Crippen molar-refractivity contribution in [2.45, 2.75) is 18.4 Å². The van der Waals surface area contributed by atoms with Crippen LogP contribution in [-0.2, 0) is 16.8 Å². The lowest BCUT2D eigenvalue weighted by atomic mass is 9.88. The van der Waals surface area contributed by atoms with Crippen molar-refractivity contribution < 1.29 is 14.7 Å². The van der Waals surface area contributed by atoms with Crippen LogP contribution in [0.3, 0.4) is 0 Å². The Kier molecular flexibility index (Phi) is 5.08. The maximum Gasteiger partial charge on any atom is 0.264 e. The second-order valence-corrected chi connectivity index (χ2v) is 8.23. The molecule has 4 nitrogen and oxygen atoms in total. The Hall–Kier alpha value is -3.76. The highest BCUT2D eigenvalue weighted by Crippen LogP contribution is 2.43. The van der Waals surface area contributed by atoms with Gasteiger partial charge in [0, 0.05) is 17.7 Å². The molecular formula is C28H23NO3. The van der Waals surface area contributed by atoms with Crippen molar-refractivity contribution in [2.75, 3.05) is 11.4 Å². The fourth-order valence-electron chi connectivity index (χ4n) is 4.48. The van der Waals surface area contributed by atoms with Crippen LogP contribution in [-0.4, -0.2) is 23.3 Å². The van der Waals surface area contributed by atoms with Gasteiger partial charge in [0.2, 0.25) is 0 Å². The molecule has 4 heteroatoms. The number of para-hydroxylation sites is 1. The summed E-state index contributed by atoms with van der Waals surface area (Å²) < 4.78 is 0. The van der Waals surface area contributed by atoms with Crippen molar-refractivity contribution in [1.29, 1.82) is 0 Å². The molecule has 1 amide bonds. The molecule has 0 radical (unpaired) electrons. The summed E-state index contributed by atoms with van der Waals surface area (Å²) in [5, 5.41) is 13.5. The molecule has 0 saturated heterocycles. The summed E-state index contributed by atoms with van der Waals surface area (Å²) >= 11 is 0. The average Bonchev–Trinajstić information content (AvgIpc) is 3.04. The maximum atomic E-state index is 13.4. The van der Waals surface area contributed by atoms with E-state index in [2.05, 4.69) is 0 Å². The number of rotatable bonds is 6. The Bertz CT molecular complexity index is 1310. The average molecular weight is 421 g/mol. The fraction of sp³-hybridized carbons (Fsp3) is 0.143. The number of fused-ring (bicyclic) bond motifs is 2. The molecular weight excluding hydrogens is 398 g/mol. The number of aliphatic hydroxyl groups is 1. The summed E-state index contributed by atoms with van der Waals surface area (Å²) in [6.07, 6.45) is 0.374. The molecule has 0 spiro atoms. The van der Waals surface area contributed by atoms with Crippen molar-refractivity contribution in [3.63, 3.8) is 0 Å². The Balaban J connectivity index is 1.43. The Morgan fingerprint density at radius 1 is 0.812 bits per heavy atom. The number of amides is 1. The van der Waals surface area contributed by atoms with E-state index in [1.165, 1.54) is 0 Å². The SMILES string of the molecule is O=C(C[C@@]1(O)C(=O)N(CCc2ccccc2)c2ccccc21)c1ccc2ccccc2c1. The number of carbonyl (C=O) groups excluding carboxylic acids is 2. The van der Waals surface area contributed by atoms with Gasteiger partial charge < -0.3 is 10.0 Å². The number of anilines is 1. The van der Waals surface area contributed by atoms with Gasteiger partial charge in [-0.3, -0.25) is 9.59 Å². The second-order valence-electron chi connectivity index (χ2n) is 8.23. The third kappa shape index (κ3) is 3.49. The van der Waals surface area contributed by atoms with Crippen molar-refractivity contribution in [3.05, 3.63) is 114 Å². The van der Waals surface area contributed by atoms with Gasteiger partial charge in [0.25, 0.3) is 5.91 Å². The van der Waals surface area contributed by atoms with Crippen LogP contribution in [0.25, 0.3) is 10.8 Å². The molecule has 158 valence electrons. The first kappa shape index (κ1) is 20.2. The minimum atomic E-state index is -1.87. The molecule has 0 fully saturated rings. The normalized spacial score (nSPS) is 17.5. The van der Waals surface area contributed by atoms with Gasteiger partial charge >= 0.3 is 0 Å². The maximum absolute atomic E-state index is 13.4. The van der Waals surface area contributed by atoms with Crippen LogP contribution in [0.1, 0.15) is 27.9 Å². The van der Waals surface area contributed by atoms with E-state index in [-0.39, 0.29) is 12.2 Å². The van der Waals surface area contributed by atoms with E-state index in [1.807, 2.05) is 78.9 Å². The number of benzene rings is 4. The Labute approximate surface area is 186 Å². The number of hydrogen-bond donors (Lipinski definition) is 1. The molecule has 0 unspecified atom stereocenters. The number of ketones is 1. The minimum absolute atomic E-state index is 0.258. The zero-order valence-corrected chi connectivity index (χ0v) is 17.6. The molecule has 4 aromatic carbocycles. The highest BCUT2D eigenvalue weighted by Gasteiger charge is 2.50. The first-order chi connectivity index (χ1) is 15.6. The van der Waals surface area contributed by atoms with Gasteiger partial charge in [0.15, 0.2) is 11.4 Å². The highest BCUT2D eigenvalue weighted by atomic mass is 16.3. The van der Waals surface area contributed by atoms with Gasteiger partial charge in [0.05, 0.1) is 12.1 Å². The summed E-state index contributed by atoms with van der Waals surface area (Å²) in [5.41, 5.74) is 0.899. The fourth-order valence-corrected chi connectivity index (χ4v) is 4.48. The number of hydrogen-bond acceptors (Lipinski definition) is 3. The van der Waals surface area contributed by atoms with E-state index in [4.69, 9.17) is 0 Å². The van der Waals surface area contributed by atoms with Crippen LogP contribution in [0.2, 0.25) is 0 Å². The second kappa shape index (κ2) is 8.06. The largest absolute Gasteiger partial charge is 0.375 e. The smallest absolute Gasteiger partial charge is 0.264 e. The number of carbonyl (C=O) groups is 2. The van der Waals surface area contributed by atoms with Crippen molar-refractivity contribution >= 4 is 28.2 Å². The molecule has 5 rings (SSSR count). The summed E-state index contributed by atoms with van der Waals surface area (Å²) in [4.78, 5) is 28.2. The monoisotopic (exact) mass is 421 g/mol. The first-order valence-electron chi connectivity index (χ1n) is 10.8. The van der Waals surface area contributed by atoms with E-state index in [9.17, 15) is 14.7 Å². The van der Waals surface area contributed by atoms with Gasteiger partial charge in [-0.15, -0.1) is 0 Å². The topological polar surface area (TPSA) is 57.6 Å². The van der Waals surface area contributed by atoms with Crippen molar-refractivity contribution in [1.82, 2.24) is 0 Å². The van der Waals surface area contributed by atoms with E-state index < -0.39 is 11.5 Å². The van der Waals surface area contributed by atoms with Gasteiger partial charge in [-0.25, -0.2) is 0 Å². The first-order valence-corrected chi connectivity index (χ1v) is 10.8. The van der Waals surface area contributed by atoms with Gasteiger partial charge in [-0.1, -0.05) is 84.9 Å². The van der Waals surface area contributed by atoms with Crippen molar-refractivity contribution in [3.8, 4) is 0 Å². The minimum Gasteiger partial charge on any atom is -0.375 e. The molecule has 1 N–H and O–H groups in total. The van der Waals surface area contributed by atoms with E-state index in [0.29, 0.717) is 29.8 Å². The highest BCUT2D eigenvalue weighted by molar-refractivity contribution is 6.11. The molecule has 32 heavy (non-hydrogen) atoms. The lowest BCUT2D eigenvalue weighted by molar-refractivity contribution is -0.135. The van der Waals surface area contributed by atoms with Crippen LogP contribution < -0.4 is 4.90 Å². The van der Waals surface area contributed by atoms with Gasteiger partial charge in [-0.2, -0.15) is 0 Å².